The third kappa shape index (κ3) is 4.63. The van der Waals surface area contributed by atoms with Gasteiger partial charge in [0, 0.05) is 24.5 Å². The molecule has 20 heavy (non-hydrogen) atoms. The first kappa shape index (κ1) is 16.7. The van der Waals surface area contributed by atoms with E-state index in [9.17, 15) is 18.0 Å². The van der Waals surface area contributed by atoms with Crippen molar-refractivity contribution in [2.24, 2.45) is 0 Å². The number of hydrogen-bond donors (Lipinski definition) is 2. The number of carbonyl (C=O) groups excluding carboxylic acids is 1. The van der Waals surface area contributed by atoms with E-state index in [1.807, 2.05) is 13.2 Å². The van der Waals surface area contributed by atoms with Crippen LogP contribution in [0.3, 0.4) is 0 Å². The van der Waals surface area contributed by atoms with E-state index in [4.69, 9.17) is 0 Å². The van der Waals surface area contributed by atoms with Gasteiger partial charge in [0.1, 0.15) is 0 Å². The third-order valence-electron chi connectivity index (χ3n) is 2.55. The minimum atomic E-state index is -4.46. The minimum absolute atomic E-state index is 0.0165. The summed E-state index contributed by atoms with van der Waals surface area (Å²) in [7, 11) is 0. The molecule has 2 N–H and O–H groups in total. The summed E-state index contributed by atoms with van der Waals surface area (Å²) in [6.45, 7) is 2.76. The van der Waals surface area contributed by atoms with E-state index >= 15 is 0 Å². The minimum Gasteiger partial charge on any atom is -0.385 e. The van der Waals surface area contributed by atoms with Crippen LogP contribution in [0.1, 0.15) is 22.8 Å². The molecule has 0 spiro atoms. The van der Waals surface area contributed by atoms with Gasteiger partial charge in [0.25, 0.3) is 5.91 Å². The van der Waals surface area contributed by atoms with Gasteiger partial charge in [-0.3, -0.25) is 4.79 Å². The van der Waals surface area contributed by atoms with Gasteiger partial charge < -0.3 is 10.6 Å². The lowest BCUT2D eigenvalue weighted by Gasteiger charge is -2.14. The lowest BCUT2D eigenvalue weighted by Crippen LogP contribution is -2.27. The fraction of sp³-hybridized carbons (Fsp3) is 0.462. The molecule has 0 fully saturated rings. The maximum absolute atomic E-state index is 12.7. The van der Waals surface area contributed by atoms with Crippen molar-refractivity contribution in [2.75, 3.05) is 30.4 Å². The Morgan fingerprint density at radius 2 is 2.05 bits per heavy atom. The number of thioether (sulfide) groups is 1. The number of alkyl halides is 3. The molecule has 0 aliphatic rings. The molecule has 1 aromatic carbocycles. The number of hydrogen-bond acceptors (Lipinski definition) is 3. The van der Waals surface area contributed by atoms with Crippen molar-refractivity contribution in [1.29, 1.82) is 0 Å². The topological polar surface area (TPSA) is 41.1 Å². The Morgan fingerprint density at radius 3 is 2.60 bits per heavy atom. The van der Waals surface area contributed by atoms with Crippen LogP contribution in [0.4, 0.5) is 18.9 Å². The molecule has 0 saturated heterocycles. The molecule has 112 valence electrons. The van der Waals surface area contributed by atoms with Crippen molar-refractivity contribution in [3.05, 3.63) is 29.3 Å². The quantitative estimate of drug-likeness (QED) is 0.793. The molecular weight excluding hydrogens is 289 g/mol. The summed E-state index contributed by atoms with van der Waals surface area (Å²) < 4.78 is 38.1. The Hall–Kier alpha value is -1.37. The summed E-state index contributed by atoms with van der Waals surface area (Å²) in [5, 5.41) is 5.50. The van der Waals surface area contributed by atoms with Gasteiger partial charge in [0.05, 0.1) is 11.1 Å². The number of amides is 1. The molecule has 0 bridgehead atoms. The molecule has 3 nitrogen and oxygen atoms in total. The SMILES string of the molecule is CCNc1ccc(C(F)(F)F)cc1C(=O)NCCSC. The van der Waals surface area contributed by atoms with Crippen molar-refractivity contribution in [1.82, 2.24) is 5.32 Å². The smallest absolute Gasteiger partial charge is 0.385 e. The van der Waals surface area contributed by atoms with Crippen LogP contribution in [0.15, 0.2) is 18.2 Å². The van der Waals surface area contributed by atoms with Crippen LogP contribution in [0.2, 0.25) is 0 Å². The van der Waals surface area contributed by atoms with Crippen LogP contribution >= 0.6 is 11.8 Å². The Balaban J connectivity index is 3.02. The Bertz CT molecular complexity index is 463. The van der Waals surface area contributed by atoms with Crippen molar-refractivity contribution in [2.45, 2.75) is 13.1 Å². The largest absolute Gasteiger partial charge is 0.416 e. The molecule has 0 unspecified atom stereocenters. The Kier molecular flexibility index (Phi) is 6.19. The normalized spacial score (nSPS) is 11.2. The van der Waals surface area contributed by atoms with Gasteiger partial charge in [-0.1, -0.05) is 0 Å². The highest BCUT2D eigenvalue weighted by Crippen LogP contribution is 2.31. The molecule has 1 aromatic rings. The predicted octanol–water partition coefficient (Wildman–Crippen LogP) is 3.23. The molecule has 0 saturated carbocycles. The zero-order valence-electron chi connectivity index (χ0n) is 11.3. The fourth-order valence-corrected chi connectivity index (χ4v) is 1.92. The maximum atomic E-state index is 12.7. The molecule has 0 atom stereocenters. The number of benzene rings is 1. The van der Waals surface area contributed by atoms with Crippen LogP contribution in [0, 0.1) is 0 Å². The first-order chi connectivity index (χ1) is 9.40. The number of rotatable bonds is 6. The highest BCUT2D eigenvalue weighted by atomic mass is 32.2. The molecule has 7 heteroatoms. The zero-order valence-corrected chi connectivity index (χ0v) is 12.1. The molecule has 1 rings (SSSR count). The second kappa shape index (κ2) is 7.42. The van der Waals surface area contributed by atoms with Crippen LogP contribution < -0.4 is 10.6 Å². The number of carbonyl (C=O) groups is 1. The molecule has 0 heterocycles. The highest BCUT2D eigenvalue weighted by molar-refractivity contribution is 7.98. The zero-order chi connectivity index (χ0) is 15.2. The van der Waals surface area contributed by atoms with Gasteiger partial charge in [-0.05, 0) is 31.4 Å². The molecule has 1 amide bonds. The predicted molar refractivity (Wildman–Crippen MR) is 76.3 cm³/mol. The van der Waals surface area contributed by atoms with Gasteiger partial charge >= 0.3 is 6.18 Å². The second-order valence-corrected chi connectivity index (χ2v) is 5.02. The van der Waals surface area contributed by atoms with Crippen LogP contribution in [0.5, 0.6) is 0 Å². The van der Waals surface area contributed by atoms with Gasteiger partial charge in [-0.15, -0.1) is 0 Å². The number of halogens is 3. The fourth-order valence-electron chi connectivity index (χ4n) is 1.61. The lowest BCUT2D eigenvalue weighted by molar-refractivity contribution is -0.137. The Morgan fingerprint density at radius 1 is 1.35 bits per heavy atom. The molecule has 0 aliphatic heterocycles. The molecule has 0 aromatic heterocycles. The summed E-state index contributed by atoms with van der Waals surface area (Å²) >= 11 is 1.55. The third-order valence-corrected chi connectivity index (χ3v) is 3.16. The molecule has 0 aliphatic carbocycles. The van der Waals surface area contributed by atoms with E-state index in [0.717, 1.165) is 12.1 Å². The average molecular weight is 306 g/mol. The van der Waals surface area contributed by atoms with E-state index in [0.29, 0.717) is 24.5 Å². The van der Waals surface area contributed by atoms with Crippen molar-refractivity contribution in [3.63, 3.8) is 0 Å². The van der Waals surface area contributed by atoms with Crippen molar-refractivity contribution in [3.8, 4) is 0 Å². The standard InChI is InChI=1S/C13H17F3N2OS/c1-3-17-11-5-4-9(13(14,15)16)8-10(11)12(19)18-6-7-20-2/h4-5,8,17H,3,6-7H2,1-2H3,(H,18,19). The van der Waals surface area contributed by atoms with Crippen molar-refractivity contribution >= 4 is 23.4 Å². The summed E-state index contributed by atoms with van der Waals surface area (Å²) in [4.78, 5) is 12.0. The van der Waals surface area contributed by atoms with Gasteiger partial charge in [0.2, 0.25) is 0 Å². The van der Waals surface area contributed by atoms with E-state index in [2.05, 4.69) is 10.6 Å². The highest BCUT2D eigenvalue weighted by Gasteiger charge is 2.31. The first-order valence-electron chi connectivity index (χ1n) is 6.12. The summed E-state index contributed by atoms with van der Waals surface area (Å²) in [6, 6.07) is 3.14. The number of nitrogens with one attached hydrogen (secondary N) is 2. The van der Waals surface area contributed by atoms with Gasteiger partial charge in [-0.25, -0.2) is 0 Å². The monoisotopic (exact) mass is 306 g/mol. The van der Waals surface area contributed by atoms with E-state index < -0.39 is 17.6 Å². The van der Waals surface area contributed by atoms with Gasteiger partial charge in [0.15, 0.2) is 0 Å². The maximum Gasteiger partial charge on any atom is 0.416 e. The molecular formula is C13H17F3N2OS. The summed E-state index contributed by atoms with van der Waals surface area (Å²) in [5.74, 6) is 0.211. The first-order valence-corrected chi connectivity index (χ1v) is 7.51. The summed E-state index contributed by atoms with van der Waals surface area (Å²) in [5.41, 5.74) is -0.404. The lowest BCUT2D eigenvalue weighted by atomic mass is 10.1. The van der Waals surface area contributed by atoms with Crippen LogP contribution in [0.25, 0.3) is 0 Å². The van der Waals surface area contributed by atoms with Gasteiger partial charge in [-0.2, -0.15) is 24.9 Å². The van der Waals surface area contributed by atoms with Crippen LogP contribution in [-0.2, 0) is 6.18 Å². The second-order valence-electron chi connectivity index (χ2n) is 4.04. The summed E-state index contributed by atoms with van der Waals surface area (Å²) in [6.07, 6.45) is -2.57. The number of anilines is 1. The molecule has 0 radical (unpaired) electrons. The Labute approximate surface area is 120 Å². The van der Waals surface area contributed by atoms with Crippen molar-refractivity contribution < 1.29 is 18.0 Å². The van der Waals surface area contributed by atoms with E-state index in [1.165, 1.54) is 6.07 Å². The average Bonchev–Trinajstić information content (AvgIpc) is 2.38. The van der Waals surface area contributed by atoms with E-state index in [-0.39, 0.29) is 5.56 Å². The van der Waals surface area contributed by atoms with E-state index in [1.54, 1.807) is 11.8 Å². The van der Waals surface area contributed by atoms with Crippen LogP contribution in [-0.4, -0.2) is 31.0 Å².